The van der Waals surface area contributed by atoms with Gasteiger partial charge in [0.05, 0.1) is 5.60 Å². The van der Waals surface area contributed by atoms with Crippen molar-refractivity contribution in [3.05, 3.63) is 34.9 Å². The minimum absolute atomic E-state index is 0.568. The summed E-state index contributed by atoms with van der Waals surface area (Å²) in [6.45, 7) is 6.47. The highest BCUT2D eigenvalue weighted by atomic mass is 16.3. The Kier molecular flexibility index (Phi) is 3.58. The minimum atomic E-state index is -0.568. The first-order valence-corrected chi connectivity index (χ1v) is 6.85. The Labute approximate surface area is 105 Å². The normalized spacial score (nSPS) is 29.3. The fourth-order valence-electron chi connectivity index (χ4n) is 3.07. The van der Waals surface area contributed by atoms with Crippen molar-refractivity contribution in [2.45, 2.75) is 58.5 Å². The standard InChI is InChI=1S/C16H24O/c1-4-14-7-9-16(17,10-8-14)15-11-12(2)5-6-13(15)3/h5-6,11,14,17H,4,7-10H2,1-3H3. The van der Waals surface area contributed by atoms with Crippen LogP contribution in [-0.2, 0) is 5.60 Å². The van der Waals surface area contributed by atoms with Gasteiger partial charge in [-0.3, -0.25) is 0 Å². The molecular weight excluding hydrogens is 208 g/mol. The van der Waals surface area contributed by atoms with Crippen LogP contribution < -0.4 is 0 Å². The van der Waals surface area contributed by atoms with E-state index in [1.807, 2.05) is 0 Å². The van der Waals surface area contributed by atoms with Gasteiger partial charge in [-0.05, 0) is 56.6 Å². The van der Waals surface area contributed by atoms with Gasteiger partial charge in [0.2, 0.25) is 0 Å². The molecule has 1 aliphatic carbocycles. The van der Waals surface area contributed by atoms with E-state index in [1.54, 1.807) is 0 Å². The maximum absolute atomic E-state index is 10.9. The molecule has 0 atom stereocenters. The van der Waals surface area contributed by atoms with Crippen molar-refractivity contribution in [1.29, 1.82) is 0 Å². The van der Waals surface area contributed by atoms with Crippen molar-refractivity contribution in [3.63, 3.8) is 0 Å². The third-order valence-electron chi connectivity index (χ3n) is 4.40. The minimum Gasteiger partial charge on any atom is -0.385 e. The Morgan fingerprint density at radius 1 is 1.24 bits per heavy atom. The summed E-state index contributed by atoms with van der Waals surface area (Å²) in [6, 6.07) is 6.43. The first-order valence-electron chi connectivity index (χ1n) is 6.85. The molecule has 1 saturated carbocycles. The number of hydrogen-bond acceptors (Lipinski definition) is 1. The molecular formula is C16H24O. The van der Waals surface area contributed by atoms with Gasteiger partial charge in [0, 0.05) is 0 Å². The summed E-state index contributed by atoms with van der Waals surface area (Å²) >= 11 is 0. The molecule has 94 valence electrons. The maximum atomic E-state index is 10.9. The first kappa shape index (κ1) is 12.6. The predicted octanol–water partition coefficient (Wildman–Crippen LogP) is 4.09. The van der Waals surface area contributed by atoms with Crippen molar-refractivity contribution in [3.8, 4) is 0 Å². The van der Waals surface area contributed by atoms with Crippen LogP contribution in [0.2, 0.25) is 0 Å². The first-order chi connectivity index (χ1) is 8.05. The molecule has 2 rings (SSSR count). The lowest BCUT2D eigenvalue weighted by Crippen LogP contribution is -2.32. The molecule has 0 spiro atoms. The number of hydrogen-bond donors (Lipinski definition) is 1. The highest BCUT2D eigenvalue weighted by Crippen LogP contribution is 2.41. The van der Waals surface area contributed by atoms with Crippen LogP contribution in [0.15, 0.2) is 18.2 Å². The average molecular weight is 232 g/mol. The molecule has 0 aliphatic heterocycles. The summed E-state index contributed by atoms with van der Waals surface area (Å²) in [4.78, 5) is 0. The molecule has 1 aromatic carbocycles. The Morgan fingerprint density at radius 3 is 2.47 bits per heavy atom. The van der Waals surface area contributed by atoms with Gasteiger partial charge in [0.25, 0.3) is 0 Å². The molecule has 0 unspecified atom stereocenters. The molecule has 17 heavy (non-hydrogen) atoms. The lowest BCUT2D eigenvalue weighted by Gasteiger charge is -2.37. The summed E-state index contributed by atoms with van der Waals surface area (Å²) in [5.74, 6) is 0.820. The Hall–Kier alpha value is -0.820. The lowest BCUT2D eigenvalue weighted by atomic mass is 9.73. The van der Waals surface area contributed by atoms with Gasteiger partial charge in [-0.2, -0.15) is 0 Å². The summed E-state index contributed by atoms with van der Waals surface area (Å²) in [7, 11) is 0. The quantitative estimate of drug-likeness (QED) is 0.814. The van der Waals surface area contributed by atoms with Crippen molar-refractivity contribution in [2.24, 2.45) is 5.92 Å². The second-order valence-electron chi connectivity index (χ2n) is 5.70. The van der Waals surface area contributed by atoms with E-state index >= 15 is 0 Å². The highest BCUT2D eigenvalue weighted by molar-refractivity contribution is 5.35. The smallest absolute Gasteiger partial charge is 0.0899 e. The van der Waals surface area contributed by atoms with Crippen LogP contribution in [0.3, 0.4) is 0 Å². The zero-order chi connectivity index (χ0) is 12.5. The predicted molar refractivity (Wildman–Crippen MR) is 72.1 cm³/mol. The van der Waals surface area contributed by atoms with Gasteiger partial charge in [0.15, 0.2) is 0 Å². The molecule has 0 aromatic heterocycles. The Morgan fingerprint density at radius 2 is 1.88 bits per heavy atom. The summed E-state index contributed by atoms with van der Waals surface area (Å²) in [5.41, 5.74) is 3.07. The van der Waals surface area contributed by atoms with Gasteiger partial charge in [-0.1, -0.05) is 37.1 Å². The molecule has 1 fully saturated rings. The summed E-state index contributed by atoms with van der Waals surface area (Å²) < 4.78 is 0. The fourth-order valence-corrected chi connectivity index (χ4v) is 3.07. The SMILES string of the molecule is CCC1CCC(O)(c2cc(C)ccc2C)CC1. The fraction of sp³-hybridized carbons (Fsp3) is 0.625. The van der Waals surface area contributed by atoms with Crippen molar-refractivity contribution in [1.82, 2.24) is 0 Å². The van der Waals surface area contributed by atoms with Crippen LogP contribution in [0.5, 0.6) is 0 Å². The van der Waals surface area contributed by atoms with E-state index in [-0.39, 0.29) is 0 Å². The number of benzene rings is 1. The Bertz CT molecular complexity index is 387. The van der Waals surface area contributed by atoms with Crippen LogP contribution in [0.25, 0.3) is 0 Å². The van der Waals surface area contributed by atoms with Crippen molar-refractivity contribution >= 4 is 0 Å². The van der Waals surface area contributed by atoms with E-state index in [2.05, 4.69) is 39.0 Å². The van der Waals surface area contributed by atoms with Crippen molar-refractivity contribution < 1.29 is 5.11 Å². The molecule has 0 bridgehead atoms. The van der Waals surface area contributed by atoms with Crippen LogP contribution in [-0.4, -0.2) is 5.11 Å². The second-order valence-corrected chi connectivity index (χ2v) is 5.70. The van der Waals surface area contributed by atoms with E-state index in [1.165, 1.54) is 30.4 Å². The van der Waals surface area contributed by atoms with Crippen molar-refractivity contribution in [2.75, 3.05) is 0 Å². The van der Waals surface area contributed by atoms with E-state index in [4.69, 9.17) is 0 Å². The topological polar surface area (TPSA) is 20.2 Å². The third kappa shape index (κ3) is 2.55. The molecule has 0 radical (unpaired) electrons. The van der Waals surface area contributed by atoms with Gasteiger partial charge in [0.1, 0.15) is 0 Å². The number of aryl methyl sites for hydroxylation is 2. The van der Waals surface area contributed by atoms with Crippen LogP contribution in [0, 0.1) is 19.8 Å². The Balaban J connectivity index is 2.24. The lowest BCUT2D eigenvalue weighted by molar-refractivity contribution is -0.0151. The zero-order valence-electron chi connectivity index (χ0n) is 11.3. The van der Waals surface area contributed by atoms with Gasteiger partial charge >= 0.3 is 0 Å². The average Bonchev–Trinajstić information content (AvgIpc) is 2.33. The molecule has 1 aliphatic rings. The van der Waals surface area contributed by atoms with Gasteiger partial charge in [-0.25, -0.2) is 0 Å². The second kappa shape index (κ2) is 4.81. The third-order valence-corrected chi connectivity index (χ3v) is 4.40. The largest absolute Gasteiger partial charge is 0.385 e. The molecule has 1 heteroatoms. The van der Waals surface area contributed by atoms with E-state index in [0.717, 1.165) is 24.3 Å². The van der Waals surface area contributed by atoms with E-state index < -0.39 is 5.60 Å². The number of aliphatic hydroxyl groups is 1. The molecule has 1 N–H and O–H groups in total. The molecule has 1 aromatic rings. The van der Waals surface area contributed by atoms with Gasteiger partial charge in [-0.15, -0.1) is 0 Å². The molecule has 1 nitrogen and oxygen atoms in total. The monoisotopic (exact) mass is 232 g/mol. The highest BCUT2D eigenvalue weighted by Gasteiger charge is 2.35. The van der Waals surface area contributed by atoms with Gasteiger partial charge < -0.3 is 5.11 Å². The van der Waals surface area contributed by atoms with Crippen LogP contribution in [0.4, 0.5) is 0 Å². The van der Waals surface area contributed by atoms with Crippen LogP contribution >= 0.6 is 0 Å². The molecule has 0 heterocycles. The maximum Gasteiger partial charge on any atom is 0.0899 e. The van der Waals surface area contributed by atoms with Crippen LogP contribution in [0.1, 0.15) is 55.7 Å². The molecule has 0 amide bonds. The molecule has 0 saturated heterocycles. The zero-order valence-corrected chi connectivity index (χ0v) is 11.3. The van der Waals surface area contributed by atoms with E-state index in [9.17, 15) is 5.11 Å². The number of rotatable bonds is 2. The summed E-state index contributed by atoms with van der Waals surface area (Å²) in [5, 5.41) is 10.9. The van der Waals surface area contributed by atoms with E-state index in [0.29, 0.717) is 0 Å². The summed E-state index contributed by atoms with van der Waals surface area (Å²) in [6.07, 6.45) is 5.44.